The number of ether oxygens (including phenoxy) is 1. The zero-order valence-corrected chi connectivity index (χ0v) is 17.3. The molecule has 6 heteroatoms. The van der Waals surface area contributed by atoms with E-state index in [2.05, 4.69) is 41.0 Å². The molecule has 0 saturated carbocycles. The average Bonchev–Trinajstić information content (AvgIpc) is 3.22. The third-order valence-electron chi connectivity index (χ3n) is 5.28. The van der Waals surface area contributed by atoms with Gasteiger partial charge in [0.25, 0.3) is 11.3 Å². The number of hydrogen-bond donors (Lipinski definition) is 1. The van der Waals surface area contributed by atoms with Gasteiger partial charge in [-0.1, -0.05) is 62.7 Å². The van der Waals surface area contributed by atoms with Crippen LogP contribution in [0.15, 0.2) is 65.5 Å². The fraction of sp³-hybridized carbons (Fsp3) is 0.292. The third-order valence-corrected chi connectivity index (χ3v) is 5.28. The summed E-state index contributed by atoms with van der Waals surface area (Å²) in [4.78, 5) is 21.5. The second-order valence-corrected chi connectivity index (χ2v) is 7.41. The van der Waals surface area contributed by atoms with Crippen LogP contribution in [-0.2, 0) is 6.61 Å². The summed E-state index contributed by atoms with van der Waals surface area (Å²) in [5.41, 5.74) is 2.53. The molecule has 0 aliphatic carbocycles. The van der Waals surface area contributed by atoms with Crippen molar-refractivity contribution in [3.63, 3.8) is 0 Å². The van der Waals surface area contributed by atoms with Gasteiger partial charge in [-0.2, -0.15) is 9.50 Å². The van der Waals surface area contributed by atoms with Crippen LogP contribution in [0.25, 0.3) is 17.2 Å². The van der Waals surface area contributed by atoms with Gasteiger partial charge < -0.3 is 4.74 Å². The number of rotatable bonds is 8. The Hall–Kier alpha value is -3.41. The van der Waals surface area contributed by atoms with Gasteiger partial charge in [0.1, 0.15) is 12.4 Å². The van der Waals surface area contributed by atoms with Crippen molar-refractivity contribution < 1.29 is 4.74 Å². The summed E-state index contributed by atoms with van der Waals surface area (Å²) < 4.78 is 7.30. The minimum atomic E-state index is -0.212. The highest BCUT2D eigenvalue weighted by Crippen LogP contribution is 2.27. The number of fused-ring (bicyclic) bond motifs is 1. The smallest absolute Gasteiger partial charge is 0.274 e. The van der Waals surface area contributed by atoms with Gasteiger partial charge in [0.05, 0.1) is 5.69 Å². The Labute approximate surface area is 175 Å². The number of hydrogen-bond acceptors (Lipinski definition) is 4. The lowest BCUT2D eigenvalue weighted by atomic mass is 9.92. The van der Waals surface area contributed by atoms with Crippen LogP contribution < -0.4 is 10.3 Å². The Morgan fingerprint density at radius 3 is 2.63 bits per heavy atom. The Bertz CT molecular complexity index is 1180. The summed E-state index contributed by atoms with van der Waals surface area (Å²) in [6, 6.07) is 19.3. The molecule has 1 atom stereocenters. The lowest BCUT2D eigenvalue weighted by molar-refractivity contribution is 0.300. The van der Waals surface area contributed by atoms with E-state index in [4.69, 9.17) is 4.74 Å². The molecule has 0 amide bonds. The van der Waals surface area contributed by atoms with Crippen LogP contribution in [0, 0.1) is 0 Å². The summed E-state index contributed by atoms with van der Waals surface area (Å²) in [6.45, 7) is 4.64. The Morgan fingerprint density at radius 2 is 1.87 bits per heavy atom. The first-order valence-corrected chi connectivity index (χ1v) is 10.4. The number of aromatic amines is 1. The molecule has 0 aliphatic heterocycles. The van der Waals surface area contributed by atoms with E-state index in [0.29, 0.717) is 23.2 Å². The molecule has 6 nitrogen and oxygen atoms in total. The quantitative estimate of drug-likeness (QED) is 0.452. The molecule has 1 unspecified atom stereocenters. The van der Waals surface area contributed by atoms with Gasteiger partial charge in [-0.3, -0.25) is 9.89 Å². The molecule has 1 N–H and O–H groups in total. The van der Waals surface area contributed by atoms with Crippen molar-refractivity contribution in [1.29, 1.82) is 0 Å². The molecule has 0 saturated heterocycles. The van der Waals surface area contributed by atoms with Crippen LogP contribution in [0.4, 0.5) is 0 Å². The Morgan fingerprint density at radius 1 is 1.03 bits per heavy atom. The molecule has 4 aromatic rings. The standard InChI is InChI=1S/C24H26N4O2/c1-3-9-17(4-2)19-12-8-13-21(14-19)30-16-20-15-22(29)28-24(25-20)26-23(27-28)18-10-6-5-7-11-18/h5-8,10-15,17H,3-4,9,16H2,1-2H3,(H,25,26,27). The molecular weight excluding hydrogens is 376 g/mol. The second kappa shape index (κ2) is 8.95. The highest BCUT2D eigenvalue weighted by Gasteiger charge is 2.11. The largest absolute Gasteiger partial charge is 0.487 e. The van der Waals surface area contributed by atoms with Crippen molar-refractivity contribution in [1.82, 2.24) is 19.6 Å². The zero-order chi connectivity index (χ0) is 20.9. The molecule has 154 valence electrons. The number of nitrogens with one attached hydrogen (secondary N) is 1. The van der Waals surface area contributed by atoms with Crippen molar-refractivity contribution in [3.05, 3.63) is 82.3 Å². The first kappa shape index (κ1) is 19.9. The van der Waals surface area contributed by atoms with E-state index < -0.39 is 0 Å². The molecular formula is C24H26N4O2. The van der Waals surface area contributed by atoms with Gasteiger partial charge in [0, 0.05) is 11.6 Å². The van der Waals surface area contributed by atoms with Gasteiger partial charge in [-0.25, -0.2) is 4.98 Å². The molecule has 0 radical (unpaired) electrons. The number of nitrogens with zero attached hydrogens (tertiary/aromatic N) is 3. The summed E-state index contributed by atoms with van der Waals surface area (Å²) in [6.07, 6.45) is 3.43. The number of H-pyrrole nitrogens is 1. The van der Waals surface area contributed by atoms with Gasteiger partial charge in [0.15, 0.2) is 5.82 Å². The van der Waals surface area contributed by atoms with Crippen LogP contribution in [-0.4, -0.2) is 19.6 Å². The van der Waals surface area contributed by atoms with E-state index in [1.54, 1.807) is 0 Å². The first-order chi connectivity index (χ1) is 14.7. The first-order valence-electron chi connectivity index (χ1n) is 10.4. The number of aromatic nitrogens is 4. The number of benzene rings is 2. The Balaban J connectivity index is 1.54. The highest BCUT2D eigenvalue weighted by molar-refractivity contribution is 5.56. The van der Waals surface area contributed by atoms with E-state index in [-0.39, 0.29) is 12.2 Å². The summed E-state index contributed by atoms with van der Waals surface area (Å²) in [5.74, 6) is 2.27. The maximum Gasteiger partial charge on any atom is 0.274 e. The summed E-state index contributed by atoms with van der Waals surface area (Å²) in [5, 5.41) is 3.01. The maximum atomic E-state index is 12.5. The fourth-order valence-electron chi connectivity index (χ4n) is 3.70. The van der Waals surface area contributed by atoms with Crippen LogP contribution >= 0.6 is 0 Å². The normalized spacial score (nSPS) is 12.2. The summed E-state index contributed by atoms with van der Waals surface area (Å²) in [7, 11) is 0. The minimum Gasteiger partial charge on any atom is -0.487 e. The highest BCUT2D eigenvalue weighted by atomic mass is 16.5. The molecule has 2 heterocycles. The van der Waals surface area contributed by atoms with Crippen LogP contribution in [0.1, 0.15) is 50.3 Å². The predicted octanol–water partition coefficient (Wildman–Crippen LogP) is 4.96. The second-order valence-electron chi connectivity index (χ2n) is 7.41. The molecule has 2 aromatic carbocycles. The third kappa shape index (κ3) is 4.27. The lowest BCUT2D eigenvalue weighted by Gasteiger charge is -2.15. The topological polar surface area (TPSA) is 72.3 Å². The van der Waals surface area contributed by atoms with E-state index in [1.165, 1.54) is 16.1 Å². The zero-order valence-electron chi connectivity index (χ0n) is 17.3. The SMILES string of the molecule is CCCC(CC)c1cccc(OCc2cc(=O)n3[nH]c(-c4ccccc4)nc3n2)c1. The van der Waals surface area contributed by atoms with Crippen molar-refractivity contribution in [2.45, 2.75) is 45.6 Å². The van der Waals surface area contributed by atoms with E-state index in [1.807, 2.05) is 42.5 Å². The molecule has 0 spiro atoms. The molecule has 0 fully saturated rings. The predicted molar refractivity (Wildman–Crippen MR) is 118 cm³/mol. The monoisotopic (exact) mass is 402 g/mol. The average molecular weight is 402 g/mol. The van der Waals surface area contributed by atoms with Gasteiger partial charge >= 0.3 is 0 Å². The van der Waals surface area contributed by atoms with E-state index >= 15 is 0 Å². The molecule has 0 aliphatic rings. The molecule has 2 aromatic heterocycles. The molecule has 30 heavy (non-hydrogen) atoms. The van der Waals surface area contributed by atoms with Crippen molar-refractivity contribution in [2.24, 2.45) is 0 Å². The fourth-order valence-corrected chi connectivity index (χ4v) is 3.70. The Kier molecular flexibility index (Phi) is 5.93. The molecule has 4 rings (SSSR count). The lowest BCUT2D eigenvalue weighted by Crippen LogP contribution is -2.16. The van der Waals surface area contributed by atoms with Gasteiger partial charge in [-0.15, -0.1) is 0 Å². The van der Waals surface area contributed by atoms with Crippen molar-refractivity contribution >= 4 is 5.78 Å². The minimum absolute atomic E-state index is 0.212. The molecule has 0 bridgehead atoms. The van der Waals surface area contributed by atoms with Crippen LogP contribution in [0.3, 0.4) is 0 Å². The van der Waals surface area contributed by atoms with E-state index in [9.17, 15) is 4.79 Å². The van der Waals surface area contributed by atoms with Crippen molar-refractivity contribution in [3.8, 4) is 17.1 Å². The van der Waals surface area contributed by atoms with Crippen LogP contribution in [0.2, 0.25) is 0 Å². The van der Waals surface area contributed by atoms with E-state index in [0.717, 1.165) is 30.6 Å². The van der Waals surface area contributed by atoms with Crippen LogP contribution in [0.5, 0.6) is 5.75 Å². The summed E-state index contributed by atoms with van der Waals surface area (Å²) >= 11 is 0. The van der Waals surface area contributed by atoms with Crippen molar-refractivity contribution in [2.75, 3.05) is 0 Å². The maximum absolute atomic E-state index is 12.5. The van der Waals surface area contributed by atoms with Gasteiger partial charge in [-0.05, 0) is 36.5 Å². The van der Waals surface area contributed by atoms with Gasteiger partial charge in [0.2, 0.25) is 0 Å².